The third kappa shape index (κ3) is 3.89. The molecule has 2 aromatic rings. The number of rotatable bonds is 7. The maximum Gasteiger partial charge on any atom is 0.340 e. The van der Waals surface area contributed by atoms with E-state index in [9.17, 15) is 14.9 Å². The zero-order valence-corrected chi connectivity index (χ0v) is 11.1. The average Bonchev–Trinajstić information content (AvgIpc) is 2.88. The number of aromatic amines is 2. The summed E-state index contributed by atoms with van der Waals surface area (Å²) in [6, 6.07) is 4.42. The summed E-state index contributed by atoms with van der Waals surface area (Å²) in [6.45, 7) is 0.297. The highest BCUT2D eigenvalue weighted by Crippen LogP contribution is 2.25. The number of aliphatic hydroxyl groups is 1. The van der Waals surface area contributed by atoms with E-state index < -0.39 is 4.92 Å². The summed E-state index contributed by atoms with van der Waals surface area (Å²) >= 11 is 0. The van der Waals surface area contributed by atoms with E-state index in [-0.39, 0.29) is 18.0 Å². The summed E-state index contributed by atoms with van der Waals surface area (Å²) in [4.78, 5) is 23.8. The molecule has 0 unspecified atom stereocenters. The van der Waals surface area contributed by atoms with Crippen LogP contribution in [0.5, 0.6) is 0 Å². The molecule has 0 amide bonds. The zero-order valence-electron chi connectivity index (χ0n) is 11.1. The van der Waals surface area contributed by atoms with Gasteiger partial charge in [-0.3, -0.25) is 15.1 Å². The third-order valence-electron chi connectivity index (χ3n) is 2.90. The van der Waals surface area contributed by atoms with E-state index >= 15 is 0 Å². The van der Waals surface area contributed by atoms with Crippen LogP contribution in [0.4, 0.5) is 11.4 Å². The lowest BCUT2D eigenvalue weighted by Gasteiger charge is -2.08. The number of aliphatic hydroxyl groups excluding tert-OH is 1. The number of aromatic nitrogens is 3. The van der Waals surface area contributed by atoms with Crippen LogP contribution in [0.25, 0.3) is 0 Å². The molecule has 0 aliphatic carbocycles. The second-order valence-corrected chi connectivity index (χ2v) is 4.42. The Labute approximate surface area is 119 Å². The van der Waals surface area contributed by atoms with Gasteiger partial charge in [-0.25, -0.2) is 9.89 Å². The number of nitrogens with zero attached hydrogens (tertiary/aromatic N) is 2. The minimum absolute atomic E-state index is 0.0413. The number of nitro benzene ring substituents is 1. The summed E-state index contributed by atoms with van der Waals surface area (Å²) in [5.74, 6) is 0.542. The van der Waals surface area contributed by atoms with Crippen molar-refractivity contribution >= 4 is 11.4 Å². The van der Waals surface area contributed by atoms with Gasteiger partial charge >= 0.3 is 5.69 Å². The fraction of sp³-hybridized carbons (Fsp3) is 0.333. The first-order chi connectivity index (χ1) is 10.1. The standard InChI is InChI=1S/C12H15N5O4/c18-7-8-3-4-10(17(20)21)9(6-8)13-5-1-2-11-14-12(19)16-15-11/h3-4,6,13,18H,1-2,5,7H2,(H2,14,15,16,19). The van der Waals surface area contributed by atoms with E-state index in [4.69, 9.17) is 5.11 Å². The van der Waals surface area contributed by atoms with Crippen molar-refractivity contribution in [3.63, 3.8) is 0 Å². The van der Waals surface area contributed by atoms with Gasteiger partial charge in [0, 0.05) is 19.0 Å². The number of aryl methyl sites for hydroxylation is 1. The molecular formula is C12H15N5O4. The van der Waals surface area contributed by atoms with Crippen LogP contribution in [-0.2, 0) is 13.0 Å². The molecule has 0 saturated heterocycles. The van der Waals surface area contributed by atoms with Gasteiger partial charge in [0.1, 0.15) is 11.5 Å². The quantitative estimate of drug-likeness (QED) is 0.334. The summed E-state index contributed by atoms with van der Waals surface area (Å²) < 4.78 is 0. The molecule has 0 aliphatic rings. The molecule has 2 rings (SSSR count). The zero-order chi connectivity index (χ0) is 15.2. The molecule has 112 valence electrons. The van der Waals surface area contributed by atoms with E-state index in [0.717, 1.165) is 0 Å². The molecule has 1 aromatic carbocycles. The highest BCUT2D eigenvalue weighted by atomic mass is 16.6. The molecule has 0 aliphatic heterocycles. The molecule has 0 fully saturated rings. The van der Waals surface area contributed by atoms with E-state index in [1.807, 2.05) is 0 Å². The lowest BCUT2D eigenvalue weighted by molar-refractivity contribution is -0.384. The lowest BCUT2D eigenvalue weighted by atomic mass is 10.1. The molecule has 0 radical (unpaired) electrons. The van der Waals surface area contributed by atoms with Crippen molar-refractivity contribution in [2.75, 3.05) is 11.9 Å². The van der Waals surface area contributed by atoms with Crippen LogP contribution in [0.1, 0.15) is 17.8 Å². The minimum atomic E-state index is -0.477. The smallest absolute Gasteiger partial charge is 0.340 e. The SMILES string of the molecule is O=c1[nH]nc(CCCNc2cc(CO)ccc2[N+](=O)[O-])[nH]1. The number of hydrogen-bond acceptors (Lipinski definition) is 6. The maximum atomic E-state index is 10.9. The first-order valence-electron chi connectivity index (χ1n) is 6.36. The van der Waals surface area contributed by atoms with E-state index in [1.165, 1.54) is 12.1 Å². The molecule has 21 heavy (non-hydrogen) atoms. The second kappa shape index (κ2) is 6.66. The van der Waals surface area contributed by atoms with Crippen molar-refractivity contribution in [1.29, 1.82) is 0 Å². The highest BCUT2D eigenvalue weighted by molar-refractivity contribution is 5.62. The Bertz CT molecular complexity index is 678. The Morgan fingerprint density at radius 2 is 2.24 bits per heavy atom. The topological polar surface area (TPSA) is 137 Å². The van der Waals surface area contributed by atoms with Gasteiger partial charge < -0.3 is 10.4 Å². The van der Waals surface area contributed by atoms with Gasteiger partial charge in [0.25, 0.3) is 5.69 Å². The van der Waals surface area contributed by atoms with E-state index in [1.54, 1.807) is 6.07 Å². The van der Waals surface area contributed by atoms with Gasteiger partial charge in [-0.15, -0.1) is 0 Å². The predicted molar refractivity (Wildman–Crippen MR) is 75.0 cm³/mol. The Morgan fingerprint density at radius 3 is 2.86 bits per heavy atom. The van der Waals surface area contributed by atoms with Crippen LogP contribution in [-0.4, -0.2) is 31.8 Å². The summed E-state index contributed by atoms with van der Waals surface area (Å²) in [6.07, 6.45) is 1.18. The van der Waals surface area contributed by atoms with Crippen LogP contribution in [0.3, 0.4) is 0 Å². The molecule has 0 saturated carbocycles. The second-order valence-electron chi connectivity index (χ2n) is 4.42. The highest BCUT2D eigenvalue weighted by Gasteiger charge is 2.13. The Kier molecular flexibility index (Phi) is 4.67. The molecule has 9 heteroatoms. The lowest BCUT2D eigenvalue weighted by Crippen LogP contribution is -2.07. The summed E-state index contributed by atoms with van der Waals surface area (Å²) in [5.41, 5.74) is 0.562. The third-order valence-corrected chi connectivity index (χ3v) is 2.90. The first kappa shape index (κ1) is 14.7. The number of nitrogens with one attached hydrogen (secondary N) is 3. The fourth-order valence-electron chi connectivity index (χ4n) is 1.88. The van der Waals surface area contributed by atoms with Crippen LogP contribution >= 0.6 is 0 Å². The molecule has 0 bridgehead atoms. The average molecular weight is 293 g/mol. The first-order valence-corrected chi connectivity index (χ1v) is 6.36. The normalized spacial score (nSPS) is 10.5. The molecule has 0 spiro atoms. The summed E-state index contributed by atoms with van der Waals surface area (Å²) in [7, 11) is 0. The molecule has 1 heterocycles. The number of hydrogen-bond donors (Lipinski definition) is 4. The van der Waals surface area contributed by atoms with Crippen molar-refractivity contribution in [2.45, 2.75) is 19.4 Å². The molecule has 4 N–H and O–H groups in total. The number of anilines is 1. The van der Waals surface area contributed by atoms with Gasteiger partial charge in [-0.2, -0.15) is 5.10 Å². The number of H-pyrrole nitrogens is 2. The largest absolute Gasteiger partial charge is 0.392 e. The van der Waals surface area contributed by atoms with Crippen molar-refractivity contribution in [3.8, 4) is 0 Å². The van der Waals surface area contributed by atoms with Crippen LogP contribution in [0.15, 0.2) is 23.0 Å². The van der Waals surface area contributed by atoms with Gasteiger partial charge in [-0.1, -0.05) is 0 Å². The monoisotopic (exact) mass is 293 g/mol. The number of benzene rings is 1. The maximum absolute atomic E-state index is 10.9. The predicted octanol–water partition coefficient (Wildman–Crippen LogP) is 0.543. The van der Waals surface area contributed by atoms with Gasteiger partial charge in [0.05, 0.1) is 11.5 Å². The van der Waals surface area contributed by atoms with Crippen molar-refractivity contribution in [3.05, 3.63) is 50.2 Å². The van der Waals surface area contributed by atoms with Crippen LogP contribution in [0.2, 0.25) is 0 Å². The Hall–Kier alpha value is -2.68. The van der Waals surface area contributed by atoms with Gasteiger partial charge in [-0.05, 0) is 24.1 Å². The van der Waals surface area contributed by atoms with E-state index in [0.29, 0.717) is 36.5 Å². The number of nitro groups is 1. The molecular weight excluding hydrogens is 278 g/mol. The molecule has 9 nitrogen and oxygen atoms in total. The van der Waals surface area contributed by atoms with Crippen molar-refractivity contribution < 1.29 is 10.0 Å². The summed E-state index contributed by atoms with van der Waals surface area (Å²) in [5, 5.41) is 29.0. The molecule has 1 aromatic heterocycles. The van der Waals surface area contributed by atoms with Crippen LogP contribution in [0, 0.1) is 10.1 Å². The Balaban J connectivity index is 1.95. The van der Waals surface area contributed by atoms with Gasteiger partial charge in [0.2, 0.25) is 0 Å². The molecule has 0 atom stereocenters. The van der Waals surface area contributed by atoms with E-state index in [2.05, 4.69) is 20.5 Å². The van der Waals surface area contributed by atoms with Crippen LogP contribution < -0.4 is 11.0 Å². The van der Waals surface area contributed by atoms with Gasteiger partial charge in [0.15, 0.2) is 0 Å². The minimum Gasteiger partial charge on any atom is -0.392 e. The van der Waals surface area contributed by atoms with Crippen molar-refractivity contribution in [2.24, 2.45) is 0 Å². The fourth-order valence-corrected chi connectivity index (χ4v) is 1.88. The Morgan fingerprint density at radius 1 is 1.43 bits per heavy atom. The van der Waals surface area contributed by atoms with Crippen molar-refractivity contribution in [1.82, 2.24) is 15.2 Å².